The Morgan fingerprint density at radius 2 is 1.62 bits per heavy atom. The number of sulfonamides is 1. The molecule has 0 aliphatic heterocycles. The van der Waals surface area contributed by atoms with E-state index in [1.54, 1.807) is 37.3 Å². The van der Waals surface area contributed by atoms with E-state index in [-0.39, 0.29) is 16.4 Å². The van der Waals surface area contributed by atoms with E-state index >= 15 is 0 Å². The average Bonchev–Trinajstić information content (AvgIpc) is 2.60. The van der Waals surface area contributed by atoms with Gasteiger partial charge in [-0.1, -0.05) is 24.3 Å². The Morgan fingerprint density at radius 1 is 0.923 bits per heavy atom. The normalized spacial score (nSPS) is 11.2. The Labute approximate surface area is 151 Å². The molecule has 6 nitrogen and oxygen atoms in total. The molecule has 0 fully saturated rings. The second-order valence-corrected chi connectivity index (χ2v) is 7.43. The standard InChI is InChI=1S/C18H17FN4O2S/c1-12-7-8-13(2)16(11-12)26(24,25)23-18-10-9-17(21-22-18)20-15-6-4-3-5-14(15)19/h3-11H,1-2H3,(H,20,21)(H,22,23). The van der Waals surface area contributed by atoms with Crippen molar-refractivity contribution in [3.63, 3.8) is 0 Å². The SMILES string of the molecule is Cc1ccc(C)c(S(=O)(=O)Nc2ccc(Nc3ccccc3F)nn2)c1. The highest BCUT2D eigenvalue weighted by atomic mass is 32.2. The third-order valence-corrected chi connectivity index (χ3v) is 5.17. The lowest BCUT2D eigenvalue weighted by atomic mass is 10.2. The molecule has 2 aromatic carbocycles. The van der Waals surface area contributed by atoms with Crippen LogP contribution >= 0.6 is 0 Å². The van der Waals surface area contributed by atoms with Crippen molar-refractivity contribution in [2.45, 2.75) is 18.7 Å². The largest absolute Gasteiger partial charge is 0.336 e. The van der Waals surface area contributed by atoms with Gasteiger partial charge in [-0.2, -0.15) is 0 Å². The quantitative estimate of drug-likeness (QED) is 0.712. The summed E-state index contributed by atoms with van der Waals surface area (Å²) in [6.07, 6.45) is 0. The lowest BCUT2D eigenvalue weighted by Gasteiger charge is -2.11. The number of aromatic nitrogens is 2. The van der Waals surface area contributed by atoms with E-state index < -0.39 is 15.8 Å². The van der Waals surface area contributed by atoms with Gasteiger partial charge < -0.3 is 5.32 Å². The summed E-state index contributed by atoms with van der Waals surface area (Å²) >= 11 is 0. The molecule has 0 saturated carbocycles. The van der Waals surface area contributed by atoms with Crippen molar-refractivity contribution in [3.05, 3.63) is 71.5 Å². The Kier molecular flexibility index (Phi) is 4.85. The molecule has 3 rings (SSSR count). The molecule has 0 amide bonds. The molecular weight excluding hydrogens is 355 g/mol. The molecule has 2 N–H and O–H groups in total. The van der Waals surface area contributed by atoms with E-state index in [2.05, 4.69) is 20.2 Å². The van der Waals surface area contributed by atoms with Crippen LogP contribution in [0.1, 0.15) is 11.1 Å². The van der Waals surface area contributed by atoms with Crippen LogP contribution in [-0.4, -0.2) is 18.6 Å². The molecule has 1 aromatic heterocycles. The second kappa shape index (κ2) is 7.09. The van der Waals surface area contributed by atoms with Gasteiger partial charge in [-0.3, -0.25) is 4.72 Å². The van der Waals surface area contributed by atoms with Gasteiger partial charge in [0.1, 0.15) is 5.82 Å². The van der Waals surface area contributed by atoms with E-state index in [4.69, 9.17) is 0 Å². The number of benzene rings is 2. The van der Waals surface area contributed by atoms with Crippen molar-refractivity contribution >= 4 is 27.3 Å². The van der Waals surface area contributed by atoms with E-state index in [1.165, 1.54) is 18.2 Å². The molecule has 0 spiro atoms. The van der Waals surface area contributed by atoms with Gasteiger partial charge in [0, 0.05) is 0 Å². The summed E-state index contributed by atoms with van der Waals surface area (Å²) in [7, 11) is -3.78. The van der Waals surface area contributed by atoms with Crippen LogP contribution in [0.3, 0.4) is 0 Å². The van der Waals surface area contributed by atoms with Crippen LogP contribution < -0.4 is 10.0 Å². The Hall–Kier alpha value is -3.00. The number of aryl methyl sites for hydroxylation is 2. The van der Waals surface area contributed by atoms with Crippen LogP contribution in [0.2, 0.25) is 0 Å². The summed E-state index contributed by atoms with van der Waals surface area (Å²) in [5.41, 5.74) is 1.73. The molecule has 8 heteroatoms. The summed E-state index contributed by atoms with van der Waals surface area (Å²) in [5, 5.41) is 10.5. The summed E-state index contributed by atoms with van der Waals surface area (Å²) in [5.74, 6) is -0.0521. The molecule has 0 atom stereocenters. The summed E-state index contributed by atoms with van der Waals surface area (Å²) < 4.78 is 41.1. The van der Waals surface area contributed by atoms with E-state index in [0.717, 1.165) is 5.56 Å². The van der Waals surface area contributed by atoms with Gasteiger partial charge in [0.2, 0.25) is 0 Å². The van der Waals surface area contributed by atoms with Gasteiger partial charge in [0.05, 0.1) is 10.6 Å². The van der Waals surface area contributed by atoms with Crippen LogP contribution in [0.25, 0.3) is 0 Å². The zero-order chi connectivity index (χ0) is 18.7. The lowest BCUT2D eigenvalue weighted by molar-refractivity contribution is 0.600. The highest BCUT2D eigenvalue weighted by Crippen LogP contribution is 2.21. The smallest absolute Gasteiger partial charge is 0.263 e. The molecule has 0 aliphatic carbocycles. The van der Waals surface area contributed by atoms with Crippen molar-refractivity contribution < 1.29 is 12.8 Å². The third-order valence-electron chi connectivity index (χ3n) is 3.67. The highest BCUT2D eigenvalue weighted by Gasteiger charge is 2.18. The average molecular weight is 372 g/mol. The fraction of sp³-hybridized carbons (Fsp3) is 0.111. The first kappa shape index (κ1) is 17.8. The maximum absolute atomic E-state index is 13.6. The fourth-order valence-corrected chi connectivity index (χ4v) is 3.67. The summed E-state index contributed by atoms with van der Waals surface area (Å²) in [4.78, 5) is 0.188. The minimum absolute atomic E-state index is 0.0741. The molecule has 0 saturated heterocycles. The van der Waals surface area contributed by atoms with Crippen LogP contribution in [-0.2, 0) is 10.0 Å². The van der Waals surface area contributed by atoms with E-state index in [0.29, 0.717) is 11.4 Å². The zero-order valence-corrected chi connectivity index (χ0v) is 15.0. The molecular formula is C18H17FN4O2S. The number of anilines is 3. The summed E-state index contributed by atoms with van der Waals surface area (Å²) in [6.45, 7) is 3.54. The van der Waals surface area contributed by atoms with Crippen LogP contribution in [0, 0.1) is 19.7 Å². The fourth-order valence-electron chi connectivity index (χ4n) is 2.34. The van der Waals surface area contributed by atoms with Gasteiger partial charge in [-0.15, -0.1) is 10.2 Å². The number of nitrogens with zero attached hydrogens (tertiary/aromatic N) is 2. The van der Waals surface area contributed by atoms with Crippen molar-refractivity contribution in [1.82, 2.24) is 10.2 Å². The molecule has 0 radical (unpaired) electrons. The molecule has 26 heavy (non-hydrogen) atoms. The molecule has 0 unspecified atom stereocenters. The number of para-hydroxylation sites is 1. The van der Waals surface area contributed by atoms with Gasteiger partial charge in [0.15, 0.2) is 11.6 Å². The first-order valence-corrected chi connectivity index (χ1v) is 9.29. The molecule has 0 aliphatic rings. The van der Waals surface area contributed by atoms with Gasteiger partial charge in [0.25, 0.3) is 10.0 Å². The predicted molar refractivity (Wildman–Crippen MR) is 98.4 cm³/mol. The maximum atomic E-state index is 13.6. The first-order valence-electron chi connectivity index (χ1n) is 7.80. The van der Waals surface area contributed by atoms with Crippen molar-refractivity contribution in [2.24, 2.45) is 0 Å². The topological polar surface area (TPSA) is 84.0 Å². The Morgan fingerprint density at radius 3 is 2.31 bits per heavy atom. The van der Waals surface area contributed by atoms with E-state index in [1.807, 2.05) is 13.0 Å². The van der Waals surface area contributed by atoms with Gasteiger partial charge in [-0.05, 0) is 55.3 Å². The third kappa shape index (κ3) is 3.97. The van der Waals surface area contributed by atoms with Crippen molar-refractivity contribution in [3.8, 4) is 0 Å². The second-order valence-electron chi connectivity index (χ2n) is 5.78. The first-order chi connectivity index (χ1) is 12.3. The Bertz CT molecular complexity index is 1040. The molecule has 0 bridgehead atoms. The number of hydrogen-bond donors (Lipinski definition) is 2. The maximum Gasteiger partial charge on any atom is 0.263 e. The van der Waals surface area contributed by atoms with Gasteiger partial charge in [-0.25, -0.2) is 12.8 Å². The minimum atomic E-state index is -3.78. The molecule has 1 heterocycles. The number of hydrogen-bond acceptors (Lipinski definition) is 5. The molecule has 3 aromatic rings. The number of halogens is 1. The van der Waals surface area contributed by atoms with Crippen LogP contribution in [0.15, 0.2) is 59.5 Å². The monoisotopic (exact) mass is 372 g/mol. The number of rotatable bonds is 5. The molecule has 134 valence electrons. The Balaban J connectivity index is 1.79. The highest BCUT2D eigenvalue weighted by molar-refractivity contribution is 7.92. The van der Waals surface area contributed by atoms with Crippen LogP contribution in [0.4, 0.5) is 21.7 Å². The number of nitrogens with one attached hydrogen (secondary N) is 2. The van der Waals surface area contributed by atoms with Crippen LogP contribution in [0.5, 0.6) is 0 Å². The van der Waals surface area contributed by atoms with E-state index in [9.17, 15) is 12.8 Å². The van der Waals surface area contributed by atoms with Crippen molar-refractivity contribution in [2.75, 3.05) is 10.0 Å². The lowest BCUT2D eigenvalue weighted by Crippen LogP contribution is -2.15. The van der Waals surface area contributed by atoms with Gasteiger partial charge >= 0.3 is 0 Å². The predicted octanol–water partition coefficient (Wildman–Crippen LogP) is 3.78. The summed E-state index contributed by atoms with van der Waals surface area (Å²) in [6, 6.07) is 14.3. The van der Waals surface area contributed by atoms with Crippen molar-refractivity contribution in [1.29, 1.82) is 0 Å². The zero-order valence-electron chi connectivity index (χ0n) is 14.2. The minimum Gasteiger partial charge on any atom is -0.336 e.